The maximum absolute atomic E-state index is 10.9. The van der Waals surface area contributed by atoms with Crippen LogP contribution in [-0.2, 0) is 57.4 Å². The lowest BCUT2D eigenvalue weighted by Crippen LogP contribution is -2.62. The highest BCUT2D eigenvalue weighted by atomic mass is 28.4. The van der Waals surface area contributed by atoms with Crippen LogP contribution in [0.1, 0.15) is 37.5 Å². The molecule has 3 aromatic rings. The molecule has 2 aliphatic heterocycles. The molecule has 10 heteroatoms. The SMILES string of the molecule is CO[C@H]1O[C@H](COCc2ccccc2)[C@@H](O[C@@H]2C=C[C@@H](O)[C@@H](CO[Si](C)(C)C(C)(C)C)O2)[C@H](OCc2ccccc2)[C@H]1OCc1ccccc1. The van der Waals surface area contributed by atoms with Gasteiger partial charge in [-0.25, -0.2) is 0 Å². The van der Waals surface area contributed by atoms with Crippen LogP contribution in [0.5, 0.6) is 0 Å². The van der Waals surface area contributed by atoms with E-state index in [0.29, 0.717) is 19.8 Å². The smallest absolute Gasteiger partial charge is 0.192 e. The normalized spacial score (nSPS) is 27.3. The van der Waals surface area contributed by atoms with Gasteiger partial charge in [-0.05, 0) is 40.9 Å². The molecule has 0 spiro atoms. The number of aliphatic hydroxyl groups excluding tert-OH is 1. The second-order valence-corrected chi connectivity index (χ2v) is 19.2. The van der Waals surface area contributed by atoms with Gasteiger partial charge in [0.25, 0.3) is 0 Å². The molecule has 0 amide bonds. The number of ether oxygens (including phenoxy) is 7. The Morgan fingerprint density at radius 1 is 0.660 bits per heavy atom. The molecule has 2 aliphatic rings. The largest absolute Gasteiger partial charge is 0.414 e. The van der Waals surface area contributed by atoms with Crippen molar-refractivity contribution in [3.05, 3.63) is 120 Å². The number of rotatable bonds is 16. The molecule has 8 atom stereocenters. The van der Waals surface area contributed by atoms with Crippen LogP contribution in [0.3, 0.4) is 0 Å². The quantitative estimate of drug-likeness (QED) is 0.128. The zero-order chi connectivity index (χ0) is 35.6. The zero-order valence-electron chi connectivity index (χ0n) is 30.2. The second kappa shape index (κ2) is 18.1. The third kappa shape index (κ3) is 10.6. The summed E-state index contributed by atoms with van der Waals surface area (Å²) in [6.45, 7) is 12.4. The van der Waals surface area contributed by atoms with E-state index >= 15 is 0 Å². The summed E-state index contributed by atoms with van der Waals surface area (Å²) in [5.41, 5.74) is 3.05. The van der Waals surface area contributed by atoms with Crippen molar-refractivity contribution in [1.29, 1.82) is 0 Å². The third-order valence-corrected chi connectivity index (χ3v) is 14.1. The minimum atomic E-state index is -2.09. The lowest BCUT2D eigenvalue weighted by atomic mass is 9.97. The van der Waals surface area contributed by atoms with Crippen LogP contribution in [0.4, 0.5) is 0 Å². The van der Waals surface area contributed by atoms with Crippen LogP contribution in [0.25, 0.3) is 0 Å². The first kappa shape index (κ1) is 38.5. The van der Waals surface area contributed by atoms with Gasteiger partial charge in [-0.3, -0.25) is 0 Å². The van der Waals surface area contributed by atoms with Crippen molar-refractivity contribution in [3.63, 3.8) is 0 Å². The van der Waals surface area contributed by atoms with Gasteiger partial charge in [0.1, 0.15) is 36.6 Å². The number of methoxy groups -OCH3 is 1. The molecule has 0 unspecified atom stereocenters. The molecule has 1 N–H and O–H groups in total. The summed E-state index contributed by atoms with van der Waals surface area (Å²) in [5, 5.41) is 10.9. The predicted molar refractivity (Wildman–Crippen MR) is 194 cm³/mol. The number of hydrogen-bond donors (Lipinski definition) is 1. The molecular weight excluding hydrogens is 653 g/mol. The average Bonchev–Trinajstić information content (AvgIpc) is 3.11. The van der Waals surface area contributed by atoms with E-state index in [1.54, 1.807) is 19.3 Å². The van der Waals surface area contributed by atoms with Crippen LogP contribution in [0.2, 0.25) is 18.1 Å². The Morgan fingerprint density at radius 3 is 1.74 bits per heavy atom. The minimum absolute atomic E-state index is 0.0146. The highest BCUT2D eigenvalue weighted by Gasteiger charge is 2.50. The van der Waals surface area contributed by atoms with E-state index in [1.807, 2.05) is 91.0 Å². The van der Waals surface area contributed by atoms with Crippen LogP contribution >= 0.6 is 0 Å². The Kier molecular flexibility index (Phi) is 14.0. The lowest BCUT2D eigenvalue weighted by Gasteiger charge is -2.46. The van der Waals surface area contributed by atoms with Crippen LogP contribution in [-0.4, -0.2) is 83.0 Å². The molecule has 0 bridgehead atoms. The molecule has 5 rings (SSSR count). The Hall–Kier alpha value is -2.74. The van der Waals surface area contributed by atoms with E-state index in [1.165, 1.54) is 0 Å². The summed E-state index contributed by atoms with van der Waals surface area (Å²) in [6.07, 6.45) is -2.20. The van der Waals surface area contributed by atoms with Gasteiger partial charge in [0.15, 0.2) is 20.9 Å². The zero-order valence-corrected chi connectivity index (χ0v) is 31.2. The first-order valence-corrected chi connectivity index (χ1v) is 20.4. The van der Waals surface area contributed by atoms with Crippen molar-refractivity contribution in [3.8, 4) is 0 Å². The van der Waals surface area contributed by atoms with Crippen molar-refractivity contribution in [2.24, 2.45) is 0 Å². The number of aliphatic hydroxyl groups is 1. The van der Waals surface area contributed by atoms with Crippen LogP contribution in [0.15, 0.2) is 103 Å². The Balaban J connectivity index is 1.40. The van der Waals surface area contributed by atoms with E-state index < -0.39 is 57.5 Å². The molecule has 0 radical (unpaired) electrons. The topological polar surface area (TPSA) is 94.1 Å². The Labute approximate surface area is 298 Å². The molecule has 1 saturated heterocycles. The monoisotopic (exact) mass is 706 g/mol. The van der Waals surface area contributed by atoms with Crippen molar-refractivity contribution in [1.82, 2.24) is 0 Å². The Morgan fingerprint density at radius 2 is 1.20 bits per heavy atom. The summed E-state index contributed by atoms with van der Waals surface area (Å²) in [7, 11) is -0.493. The summed E-state index contributed by atoms with van der Waals surface area (Å²) in [6, 6.07) is 29.9. The Bertz CT molecular complexity index is 1430. The molecule has 272 valence electrons. The molecular formula is C40H54O9Si. The van der Waals surface area contributed by atoms with Gasteiger partial charge in [-0.1, -0.05) is 118 Å². The van der Waals surface area contributed by atoms with E-state index in [9.17, 15) is 5.11 Å². The predicted octanol–water partition coefficient (Wildman–Crippen LogP) is 6.79. The van der Waals surface area contributed by atoms with Gasteiger partial charge in [0, 0.05) is 7.11 Å². The van der Waals surface area contributed by atoms with Gasteiger partial charge in [-0.2, -0.15) is 0 Å². The summed E-state index contributed by atoms with van der Waals surface area (Å²) in [5.74, 6) is 0. The first-order valence-electron chi connectivity index (χ1n) is 17.5. The maximum Gasteiger partial charge on any atom is 0.192 e. The van der Waals surface area contributed by atoms with Crippen LogP contribution in [0, 0.1) is 0 Å². The van der Waals surface area contributed by atoms with Gasteiger partial charge in [0.2, 0.25) is 0 Å². The minimum Gasteiger partial charge on any atom is -0.414 e. The fraction of sp³-hybridized carbons (Fsp3) is 0.500. The van der Waals surface area contributed by atoms with Gasteiger partial charge >= 0.3 is 0 Å². The number of hydrogen-bond acceptors (Lipinski definition) is 9. The molecule has 0 aliphatic carbocycles. The first-order chi connectivity index (χ1) is 24.0. The van der Waals surface area contributed by atoms with Crippen molar-refractivity contribution < 1.29 is 42.7 Å². The molecule has 0 saturated carbocycles. The van der Waals surface area contributed by atoms with Gasteiger partial charge in [0.05, 0.1) is 33.0 Å². The van der Waals surface area contributed by atoms with Gasteiger partial charge in [-0.15, -0.1) is 0 Å². The fourth-order valence-electron chi connectivity index (χ4n) is 5.64. The standard InChI is InChI=1S/C40H54O9Si/c1-40(2,3)50(5,6)46-28-33-32(41)22-23-35(47-33)49-36-34(27-43-24-29-16-10-7-11-17-29)48-39(42-4)38(45-26-31-20-14-9-15-21-31)37(36)44-25-30-18-12-8-13-19-30/h7-23,32-39,41H,24-28H2,1-6H3/t32-,33-,34-,35-,36-,37+,38-,39+/m1/s1. The average molecular weight is 707 g/mol. The van der Waals surface area contributed by atoms with E-state index in [2.05, 4.69) is 33.9 Å². The molecule has 3 aromatic carbocycles. The van der Waals surface area contributed by atoms with Crippen molar-refractivity contribution in [2.75, 3.05) is 20.3 Å². The van der Waals surface area contributed by atoms with E-state index in [-0.39, 0.29) is 18.3 Å². The summed E-state index contributed by atoms with van der Waals surface area (Å²) in [4.78, 5) is 0. The van der Waals surface area contributed by atoms with Crippen molar-refractivity contribution >= 4 is 8.32 Å². The maximum atomic E-state index is 10.9. The molecule has 1 fully saturated rings. The van der Waals surface area contributed by atoms with Gasteiger partial charge < -0.3 is 42.7 Å². The fourth-order valence-corrected chi connectivity index (χ4v) is 6.65. The lowest BCUT2D eigenvalue weighted by molar-refractivity contribution is -0.339. The number of benzene rings is 3. The highest BCUT2D eigenvalue weighted by molar-refractivity contribution is 6.74. The van der Waals surface area contributed by atoms with Crippen molar-refractivity contribution in [2.45, 2.75) is 108 Å². The van der Waals surface area contributed by atoms with E-state index in [4.69, 9.17) is 37.6 Å². The summed E-state index contributed by atoms with van der Waals surface area (Å²) < 4.78 is 51.5. The van der Waals surface area contributed by atoms with Crippen LogP contribution < -0.4 is 0 Å². The highest BCUT2D eigenvalue weighted by Crippen LogP contribution is 2.37. The molecule has 2 heterocycles. The summed E-state index contributed by atoms with van der Waals surface area (Å²) >= 11 is 0. The molecule has 0 aromatic heterocycles. The van der Waals surface area contributed by atoms with E-state index in [0.717, 1.165) is 16.7 Å². The molecule has 9 nitrogen and oxygen atoms in total. The second-order valence-electron chi connectivity index (χ2n) is 14.4. The molecule has 50 heavy (non-hydrogen) atoms. The third-order valence-electron chi connectivity index (χ3n) is 9.65.